The lowest BCUT2D eigenvalue weighted by molar-refractivity contribution is 0.252. The minimum Gasteiger partial charge on any atom is -0.375 e. The van der Waals surface area contributed by atoms with Gasteiger partial charge in [0, 0.05) is 23.5 Å². The van der Waals surface area contributed by atoms with Crippen LogP contribution in [0.1, 0.15) is 37.7 Å². The molecule has 0 spiro atoms. The van der Waals surface area contributed by atoms with Crippen molar-refractivity contribution in [1.82, 2.24) is 20.3 Å². The number of nitrogens with one attached hydrogen (secondary N) is 3. The lowest BCUT2D eigenvalue weighted by Gasteiger charge is -2.07. The molecular formula is C17H22N6OS. The van der Waals surface area contributed by atoms with Crippen LogP contribution in [0.25, 0.3) is 11.0 Å². The van der Waals surface area contributed by atoms with E-state index >= 15 is 0 Å². The first-order valence-electron chi connectivity index (χ1n) is 8.25. The van der Waals surface area contributed by atoms with Crippen molar-refractivity contribution < 1.29 is 4.79 Å². The van der Waals surface area contributed by atoms with Gasteiger partial charge in [-0.2, -0.15) is 0 Å². The van der Waals surface area contributed by atoms with E-state index in [1.54, 1.807) is 0 Å². The number of fused-ring (bicyclic) bond motifs is 1. The summed E-state index contributed by atoms with van der Waals surface area (Å²) in [5.74, 6) is 1.28. The molecule has 132 valence electrons. The predicted octanol–water partition coefficient (Wildman–Crippen LogP) is 3.48. The van der Waals surface area contributed by atoms with Crippen molar-refractivity contribution in [2.75, 3.05) is 17.6 Å². The molecule has 25 heavy (non-hydrogen) atoms. The summed E-state index contributed by atoms with van der Waals surface area (Å²) in [5.41, 5.74) is 9.11. The van der Waals surface area contributed by atoms with Crippen molar-refractivity contribution in [1.29, 1.82) is 0 Å². The maximum absolute atomic E-state index is 12.0. The summed E-state index contributed by atoms with van der Waals surface area (Å²) >= 11 is 1.43. The molecule has 8 heteroatoms. The topological polar surface area (TPSA) is 109 Å². The highest BCUT2D eigenvalue weighted by Crippen LogP contribution is 2.20. The number of nitrogens with zero attached hydrogens (tertiary/aromatic N) is 2. The van der Waals surface area contributed by atoms with Crippen LogP contribution in [-0.2, 0) is 6.42 Å². The molecule has 0 aliphatic rings. The minimum absolute atomic E-state index is 0.222. The molecule has 3 rings (SSSR count). The largest absolute Gasteiger partial charge is 0.375 e. The number of urea groups is 1. The third kappa shape index (κ3) is 4.48. The second kappa shape index (κ2) is 7.52. The fourth-order valence-electron chi connectivity index (χ4n) is 2.46. The van der Waals surface area contributed by atoms with Crippen molar-refractivity contribution in [3.63, 3.8) is 0 Å². The molecule has 0 unspecified atom stereocenters. The van der Waals surface area contributed by atoms with E-state index < -0.39 is 0 Å². The van der Waals surface area contributed by atoms with Crippen LogP contribution in [0, 0.1) is 0 Å². The highest BCUT2D eigenvalue weighted by Gasteiger charge is 2.08. The Morgan fingerprint density at radius 3 is 2.92 bits per heavy atom. The summed E-state index contributed by atoms with van der Waals surface area (Å²) in [4.78, 5) is 24.0. The van der Waals surface area contributed by atoms with Crippen LogP contribution < -0.4 is 16.4 Å². The Kier molecular flexibility index (Phi) is 5.18. The summed E-state index contributed by atoms with van der Waals surface area (Å²) in [6, 6.07) is 5.43. The second-order valence-electron chi connectivity index (χ2n) is 6.17. The first-order valence-corrected chi connectivity index (χ1v) is 9.13. The zero-order valence-corrected chi connectivity index (χ0v) is 15.1. The molecule has 0 saturated carbocycles. The highest BCUT2D eigenvalue weighted by molar-refractivity contribution is 7.13. The van der Waals surface area contributed by atoms with E-state index in [9.17, 15) is 4.79 Å². The van der Waals surface area contributed by atoms with Crippen molar-refractivity contribution in [2.45, 2.75) is 32.6 Å². The van der Waals surface area contributed by atoms with Crippen LogP contribution in [-0.4, -0.2) is 27.5 Å². The van der Waals surface area contributed by atoms with Gasteiger partial charge in [0.2, 0.25) is 0 Å². The lowest BCUT2D eigenvalue weighted by atomic mass is 10.2. The number of nitrogen functional groups attached to an aromatic ring is 1. The van der Waals surface area contributed by atoms with E-state index in [1.807, 2.05) is 23.6 Å². The molecule has 2 heterocycles. The van der Waals surface area contributed by atoms with Crippen LogP contribution in [0.15, 0.2) is 23.6 Å². The molecule has 0 saturated heterocycles. The number of carbonyl (C=O) groups excluding carboxylic acids is 1. The summed E-state index contributed by atoms with van der Waals surface area (Å²) in [7, 11) is 0. The quantitative estimate of drug-likeness (QED) is 0.506. The van der Waals surface area contributed by atoms with E-state index in [4.69, 9.17) is 5.73 Å². The molecule has 0 radical (unpaired) electrons. The summed E-state index contributed by atoms with van der Waals surface area (Å²) in [5, 5.41) is 8.22. The number of amides is 2. The highest BCUT2D eigenvalue weighted by atomic mass is 32.1. The molecule has 5 N–H and O–H groups in total. The monoisotopic (exact) mass is 358 g/mol. The van der Waals surface area contributed by atoms with Gasteiger partial charge in [0.25, 0.3) is 0 Å². The number of hydrogen-bond acceptors (Lipinski definition) is 5. The fraction of sp³-hybridized carbons (Fsp3) is 0.353. The van der Waals surface area contributed by atoms with Gasteiger partial charge < -0.3 is 21.4 Å². The first kappa shape index (κ1) is 17.2. The Bertz CT molecular complexity index is 869. The lowest BCUT2D eigenvalue weighted by Crippen LogP contribution is -2.29. The third-order valence-electron chi connectivity index (χ3n) is 3.77. The number of rotatable bonds is 6. The molecule has 3 aromatic rings. The Morgan fingerprint density at radius 1 is 1.36 bits per heavy atom. The maximum Gasteiger partial charge on any atom is 0.319 e. The van der Waals surface area contributed by atoms with Crippen molar-refractivity contribution in [3.05, 3.63) is 35.1 Å². The smallest absolute Gasteiger partial charge is 0.319 e. The van der Waals surface area contributed by atoms with Gasteiger partial charge in [-0.25, -0.2) is 14.8 Å². The minimum atomic E-state index is -0.222. The van der Waals surface area contributed by atoms with Gasteiger partial charge in [0.05, 0.1) is 16.7 Å². The average Bonchev–Trinajstić information content (AvgIpc) is 3.17. The van der Waals surface area contributed by atoms with Crippen LogP contribution in [0.2, 0.25) is 0 Å². The Labute approximate surface area is 150 Å². The molecule has 7 nitrogen and oxygen atoms in total. The molecule has 2 amide bonds. The molecule has 0 aliphatic carbocycles. The number of H-pyrrole nitrogens is 1. The molecule has 0 bridgehead atoms. The summed E-state index contributed by atoms with van der Waals surface area (Å²) in [6.45, 7) is 4.75. The van der Waals surface area contributed by atoms with Gasteiger partial charge in [0.1, 0.15) is 5.82 Å². The van der Waals surface area contributed by atoms with E-state index in [-0.39, 0.29) is 6.03 Å². The Hall–Kier alpha value is -2.61. The van der Waals surface area contributed by atoms with Crippen LogP contribution in [0.4, 0.5) is 15.6 Å². The number of aromatic nitrogens is 3. The summed E-state index contributed by atoms with van der Waals surface area (Å²) in [6.07, 6.45) is 1.61. The van der Waals surface area contributed by atoms with Gasteiger partial charge in [-0.15, -0.1) is 11.3 Å². The Morgan fingerprint density at radius 2 is 2.20 bits per heavy atom. The molecule has 2 aromatic heterocycles. The molecule has 0 aliphatic heterocycles. The summed E-state index contributed by atoms with van der Waals surface area (Å²) < 4.78 is 0. The van der Waals surface area contributed by atoms with Crippen LogP contribution >= 0.6 is 11.3 Å². The van der Waals surface area contributed by atoms with Gasteiger partial charge in [0.15, 0.2) is 5.13 Å². The van der Waals surface area contributed by atoms with Crippen LogP contribution in [0.3, 0.4) is 0 Å². The van der Waals surface area contributed by atoms with Crippen molar-refractivity contribution in [2.24, 2.45) is 0 Å². The second-order valence-corrected chi connectivity index (χ2v) is 7.06. The van der Waals surface area contributed by atoms with E-state index in [1.165, 1.54) is 11.3 Å². The van der Waals surface area contributed by atoms with E-state index in [0.29, 0.717) is 17.6 Å². The number of anilines is 2. The predicted molar refractivity (Wildman–Crippen MR) is 102 cm³/mol. The number of imidazole rings is 1. The zero-order chi connectivity index (χ0) is 17.8. The zero-order valence-electron chi connectivity index (χ0n) is 14.3. The van der Waals surface area contributed by atoms with E-state index in [2.05, 4.69) is 39.4 Å². The van der Waals surface area contributed by atoms with Crippen LogP contribution in [0.5, 0.6) is 0 Å². The standard InChI is InChI=1S/C17H22N6OS/c1-10(2)15-22-13-6-5-11(8-14(13)23-15)21-17(24)19-7-3-4-12-9-25-16(18)20-12/h5-6,8-10H,3-4,7H2,1-2H3,(H2,18,20)(H,22,23)(H2,19,21,24). The van der Waals surface area contributed by atoms with Gasteiger partial charge >= 0.3 is 6.03 Å². The number of thiazole rings is 1. The third-order valence-corrected chi connectivity index (χ3v) is 4.49. The fourth-order valence-corrected chi connectivity index (χ4v) is 3.06. The normalized spacial score (nSPS) is 11.2. The number of carbonyl (C=O) groups is 1. The Balaban J connectivity index is 1.49. The molecule has 0 atom stereocenters. The van der Waals surface area contributed by atoms with Gasteiger partial charge in [-0.1, -0.05) is 13.8 Å². The number of hydrogen-bond donors (Lipinski definition) is 4. The molecule has 1 aromatic carbocycles. The number of nitrogens with two attached hydrogens (primary N) is 1. The van der Waals surface area contributed by atoms with Crippen molar-refractivity contribution >= 4 is 39.2 Å². The number of benzene rings is 1. The molecule has 0 fully saturated rings. The number of aromatic amines is 1. The maximum atomic E-state index is 12.0. The van der Waals surface area contributed by atoms with E-state index in [0.717, 1.165) is 41.1 Å². The SMILES string of the molecule is CC(C)c1nc2ccc(NC(=O)NCCCc3csc(N)n3)cc2[nH]1. The van der Waals surface area contributed by atoms with Gasteiger partial charge in [-0.05, 0) is 31.0 Å². The first-order chi connectivity index (χ1) is 12.0. The van der Waals surface area contributed by atoms with Gasteiger partial charge in [-0.3, -0.25) is 0 Å². The number of aryl methyl sites for hydroxylation is 1. The molecular weight excluding hydrogens is 336 g/mol. The average molecular weight is 358 g/mol. The van der Waals surface area contributed by atoms with Crippen molar-refractivity contribution in [3.8, 4) is 0 Å².